The van der Waals surface area contributed by atoms with E-state index in [9.17, 15) is 0 Å². The summed E-state index contributed by atoms with van der Waals surface area (Å²) in [6.45, 7) is 2.69. The molecule has 0 radical (unpaired) electrons. The van der Waals surface area contributed by atoms with Crippen molar-refractivity contribution in [2.24, 2.45) is 0 Å². The highest BCUT2D eigenvalue weighted by atomic mass is 16.5. The first-order valence-corrected chi connectivity index (χ1v) is 12.0. The van der Waals surface area contributed by atoms with Gasteiger partial charge in [-0.05, 0) is 47.3 Å². The fourth-order valence-corrected chi connectivity index (χ4v) is 3.58. The van der Waals surface area contributed by atoms with Gasteiger partial charge in [0, 0.05) is 37.7 Å². The van der Waals surface area contributed by atoms with Crippen molar-refractivity contribution in [3.63, 3.8) is 0 Å². The lowest BCUT2D eigenvalue weighted by Gasteiger charge is -2.14. The van der Waals surface area contributed by atoms with Gasteiger partial charge in [-0.25, -0.2) is 0 Å². The van der Waals surface area contributed by atoms with Crippen molar-refractivity contribution in [1.82, 2.24) is 0 Å². The van der Waals surface area contributed by atoms with E-state index in [1.165, 1.54) is 0 Å². The van der Waals surface area contributed by atoms with E-state index in [4.69, 9.17) is 14.0 Å². The Morgan fingerprint density at radius 3 is 1.34 bits per heavy atom. The largest absolute Gasteiger partial charge is 0.458 e. The van der Waals surface area contributed by atoms with E-state index >= 15 is 0 Å². The van der Waals surface area contributed by atoms with Crippen molar-refractivity contribution in [2.45, 2.75) is 0 Å². The van der Waals surface area contributed by atoms with Gasteiger partial charge < -0.3 is 24.7 Å². The van der Waals surface area contributed by atoms with Crippen LogP contribution < -0.4 is 26.3 Å². The highest BCUT2D eigenvalue weighted by Gasteiger charge is 2.11. The van der Waals surface area contributed by atoms with Gasteiger partial charge in [-0.15, -0.1) is 0 Å². The third-order valence-electron chi connectivity index (χ3n) is 5.38. The van der Waals surface area contributed by atoms with Gasteiger partial charge in [0.25, 0.3) is 0 Å². The molecule has 0 aliphatic heterocycles. The second-order valence-corrected chi connectivity index (χ2v) is 8.01. The molecule has 0 amide bonds. The van der Waals surface area contributed by atoms with Crippen LogP contribution in [0, 0.1) is 0 Å². The Bertz CT molecular complexity index is 1060. The lowest BCUT2D eigenvalue weighted by atomic mass is 9.86. The molecule has 0 saturated carbocycles. The summed E-state index contributed by atoms with van der Waals surface area (Å²) in [4.78, 5) is 0. The minimum absolute atomic E-state index is 0.483. The first kappa shape index (κ1) is 24.5. The quantitative estimate of drug-likeness (QED) is 0.220. The van der Waals surface area contributed by atoms with E-state index in [-0.39, 0.29) is 0 Å². The molecule has 2 N–H and O–H groups in total. The summed E-state index contributed by atoms with van der Waals surface area (Å²) in [6, 6.07) is 36.2. The van der Waals surface area contributed by atoms with Gasteiger partial charge in [0.1, 0.15) is 11.5 Å². The Labute approximate surface area is 209 Å². The molecule has 35 heavy (non-hydrogen) atoms. The molecule has 0 saturated heterocycles. The van der Waals surface area contributed by atoms with Crippen molar-refractivity contribution in [1.29, 1.82) is 0 Å². The summed E-state index contributed by atoms with van der Waals surface area (Å²) in [6.07, 6.45) is 0. The van der Waals surface area contributed by atoms with Crippen LogP contribution in [0.25, 0.3) is 0 Å². The number of hydrogen-bond donors (Lipinski definition) is 2. The molecule has 0 spiro atoms. The normalized spacial score (nSPS) is 10.4. The summed E-state index contributed by atoms with van der Waals surface area (Å²) in [5, 5.41) is 6.71. The summed E-state index contributed by atoms with van der Waals surface area (Å²) >= 11 is 0. The average Bonchev–Trinajstić information content (AvgIpc) is 2.91. The number of hydrogen-bond acceptors (Lipinski definition) is 5. The Hall–Kier alpha value is -3.67. The van der Waals surface area contributed by atoms with E-state index in [2.05, 4.69) is 10.6 Å². The van der Waals surface area contributed by atoms with Gasteiger partial charge in [0.15, 0.2) is 0 Å². The minimum Gasteiger partial charge on any atom is -0.458 e. The number of ether oxygens (including phenoxy) is 1. The predicted molar refractivity (Wildman–Crippen MR) is 148 cm³/mol. The molecule has 0 aliphatic carbocycles. The van der Waals surface area contributed by atoms with Crippen LogP contribution >= 0.6 is 0 Å². The van der Waals surface area contributed by atoms with Crippen LogP contribution in [-0.2, 0) is 9.31 Å². The van der Waals surface area contributed by atoms with Gasteiger partial charge in [0.2, 0.25) is 0 Å². The third kappa shape index (κ3) is 8.25. The van der Waals surface area contributed by atoms with Gasteiger partial charge in [-0.3, -0.25) is 0 Å². The zero-order chi connectivity index (χ0) is 24.0. The summed E-state index contributed by atoms with van der Waals surface area (Å²) in [5.74, 6) is 1.59. The van der Waals surface area contributed by atoms with Crippen LogP contribution in [0.2, 0.25) is 0 Å². The maximum absolute atomic E-state index is 6.30. The molecule has 0 bridgehead atoms. The third-order valence-corrected chi connectivity index (χ3v) is 5.38. The number of rotatable bonds is 14. The molecule has 0 fully saturated rings. The maximum Gasteiger partial charge on any atom is 0.312 e. The van der Waals surface area contributed by atoms with Crippen LogP contribution in [0.4, 0.5) is 11.4 Å². The zero-order valence-corrected chi connectivity index (χ0v) is 19.9. The minimum atomic E-state index is 0.483. The molecule has 0 unspecified atom stereocenters. The summed E-state index contributed by atoms with van der Waals surface area (Å²) in [7, 11) is 0.965. The number of benzene rings is 4. The molecule has 7 heteroatoms. The van der Waals surface area contributed by atoms with Crippen LogP contribution in [-0.4, -0.2) is 41.3 Å². The fraction of sp³-hybridized carbons (Fsp3) is 0.143. The summed E-state index contributed by atoms with van der Waals surface area (Å²) < 4.78 is 18.1. The second-order valence-electron chi connectivity index (χ2n) is 8.01. The number of para-hydroxylation sites is 4. The lowest BCUT2D eigenvalue weighted by molar-refractivity contribution is 0.357. The summed E-state index contributed by atoms with van der Waals surface area (Å²) in [5.41, 5.74) is 4.20. The van der Waals surface area contributed by atoms with E-state index in [1.807, 2.05) is 109 Å². The molecule has 0 atom stereocenters. The molecule has 5 nitrogen and oxygen atoms in total. The van der Waals surface area contributed by atoms with Crippen molar-refractivity contribution in [3.05, 3.63) is 109 Å². The first-order valence-electron chi connectivity index (χ1n) is 12.0. The molecule has 176 valence electrons. The van der Waals surface area contributed by atoms with Crippen molar-refractivity contribution in [2.75, 3.05) is 36.9 Å². The zero-order valence-electron chi connectivity index (χ0n) is 19.9. The molecule has 0 aromatic heterocycles. The molecule has 4 aromatic carbocycles. The standard InChI is InChI=1S/C28H30B2N2O3/c1-3-11-23(12-4-1)31-19-21-33-29-25-15-7-9-17-27(25)35-28-18-10-8-16-26(28)30-34-22-20-32-24-13-5-2-6-14-24/h1-18,29-32H,19-22H2. The molecule has 4 rings (SSSR count). The Morgan fingerprint density at radius 2 is 0.886 bits per heavy atom. The Kier molecular flexibility index (Phi) is 9.71. The molecule has 0 heterocycles. The van der Waals surface area contributed by atoms with Gasteiger partial charge >= 0.3 is 15.0 Å². The van der Waals surface area contributed by atoms with E-state index < -0.39 is 0 Å². The predicted octanol–water partition coefficient (Wildman–Crippen LogP) is 3.69. The average molecular weight is 464 g/mol. The van der Waals surface area contributed by atoms with Gasteiger partial charge in [-0.2, -0.15) is 0 Å². The molecule has 0 aliphatic rings. The smallest absolute Gasteiger partial charge is 0.312 e. The van der Waals surface area contributed by atoms with Crippen molar-refractivity contribution in [3.8, 4) is 11.5 Å². The van der Waals surface area contributed by atoms with Gasteiger partial charge in [0.05, 0.1) is 0 Å². The molecular formula is C28H30B2N2O3. The van der Waals surface area contributed by atoms with E-state index in [1.54, 1.807) is 0 Å². The number of anilines is 2. The first-order chi connectivity index (χ1) is 17.4. The van der Waals surface area contributed by atoms with E-state index in [0.717, 1.165) is 46.9 Å². The molecule has 4 aromatic rings. The highest BCUT2D eigenvalue weighted by Crippen LogP contribution is 2.17. The second kappa shape index (κ2) is 13.9. The fourth-order valence-electron chi connectivity index (χ4n) is 3.58. The Morgan fingerprint density at radius 1 is 0.486 bits per heavy atom. The SMILES string of the molecule is B(OCCNc1ccccc1)c1ccccc1Oc1ccccc1BOCCNc1ccccc1. The van der Waals surface area contributed by atoms with Crippen LogP contribution in [0.3, 0.4) is 0 Å². The number of nitrogens with one attached hydrogen (secondary N) is 2. The topological polar surface area (TPSA) is 51.8 Å². The maximum atomic E-state index is 6.30. The highest BCUT2D eigenvalue weighted by molar-refractivity contribution is 6.49. The van der Waals surface area contributed by atoms with E-state index in [0.29, 0.717) is 28.2 Å². The van der Waals surface area contributed by atoms with Crippen molar-refractivity contribution < 1.29 is 14.0 Å². The lowest BCUT2D eigenvalue weighted by Crippen LogP contribution is -2.25. The van der Waals surface area contributed by atoms with Crippen LogP contribution in [0.15, 0.2) is 109 Å². The molecular weight excluding hydrogens is 434 g/mol. The van der Waals surface area contributed by atoms with Crippen molar-refractivity contribution >= 4 is 37.3 Å². The van der Waals surface area contributed by atoms with Gasteiger partial charge in [-0.1, -0.05) is 72.8 Å². The Balaban J connectivity index is 1.25. The monoisotopic (exact) mass is 464 g/mol. The van der Waals surface area contributed by atoms with Crippen LogP contribution in [0.5, 0.6) is 11.5 Å². The van der Waals surface area contributed by atoms with Crippen LogP contribution in [0.1, 0.15) is 0 Å².